The minimum absolute atomic E-state index is 0.0394. The summed E-state index contributed by atoms with van der Waals surface area (Å²) < 4.78 is 0. The Labute approximate surface area is 111 Å². The molecule has 1 saturated carbocycles. The Hall–Kier alpha value is -1.63. The summed E-state index contributed by atoms with van der Waals surface area (Å²) in [4.78, 5) is 33.4. The van der Waals surface area contributed by atoms with E-state index in [1.54, 1.807) is 6.92 Å². The molecule has 0 spiro atoms. The van der Waals surface area contributed by atoms with Gasteiger partial charge in [-0.3, -0.25) is 14.4 Å². The standard InChI is InChI=1S/C12H20N2O5/c1-12(11(18)19)6-2-3-8(12)14-10(17)7(13)4-5-9(15)16/h7-8H,2-6,13H2,1H3,(H,14,17)(H,15,16)(H,18,19). The van der Waals surface area contributed by atoms with Gasteiger partial charge in [-0.15, -0.1) is 0 Å². The SMILES string of the molecule is CC1(C(=O)O)CCCC1NC(=O)C(N)CCC(=O)O. The largest absolute Gasteiger partial charge is 0.481 e. The summed E-state index contributed by atoms with van der Waals surface area (Å²) in [5.41, 5.74) is 4.62. The minimum Gasteiger partial charge on any atom is -0.481 e. The average molecular weight is 272 g/mol. The van der Waals surface area contributed by atoms with Crippen molar-refractivity contribution in [3.63, 3.8) is 0 Å². The van der Waals surface area contributed by atoms with Gasteiger partial charge >= 0.3 is 11.9 Å². The number of carbonyl (C=O) groups is 3. The fraction of sp³-hybridized carbons (Fsp3) is 0.750. The number of hydrogen-bond donors (Lipinski definition) is 4. The minimum atomic E-state index is -1.01. The molecule has 0 aromatic rings. The maximum Gasteiger partial charge on any atom is 0.311 e. The van der Waals surface area contributed by atoms with Crippen molar-refractivity contribution in [2.24, 2.45) is 11.1 Å². The summed E-state index contributed by atoms with van der Waals surface area (Å²) in [6.07, 6.45) is 1.70. The topological polar surface area (TPSA) is 130 Å². The fourth-order valence-corrected chi connectivity index (χ4v) is 2.34. The molecule has 0 heterocycles. The molecule has 1 rings (SSSR count). The molecule has 0 aromatic heterocycles. The van der Waals surface area contributed by atoms with Crippen molar-refractivity contribution in [3.05, 3.63) is 0 Å². The Bertz CT molecular complexity index is 384. The van der Waals surface area contributed by atoms with Crippen LogP contribution in [-0.4, -0.2) is 40.1 Å². The van der Waals surface area contributed by atoms with Gasteiger partial charge in [0.25, 0.3) is 0 Å². The molecule has 0 aliphatic heterocycles. The molecule has 1 aliphatic rings. The fourth-order valence-electron chi connectivity index (χ4n) is 2.34. The lowest BCUT2D eigenvalue weighted by Crippen LogP contribution is -2.51. The summed E-state index contributed by atoms with van der Waals surface area (Å²) in [5, 5.41) is 20.4. The zero-order valence-electron chi connectivity index (χ0n) is 10.9. The quantitative estimate of drug-likeness (QED) is 0.536. The molecule has 3 atom stereocenters. The maximum atomic E-state index is 11.8. The van der Waals surface area contributed by atoms with E-state index < -0.39 is 35.3 Å². The molecular formula is C12H20N2O5. The van der Waals surface area contributed by atoms with Crippen LogP contribution in [-0.2, 0) is 14.4 Å². The van der Waals surface area contributed by atoms with Crippen LogP contribution in [0.3, 0.4) is 0 Å². The number of hydrogen-bond acceptors (Lipinski definition) is 4. The molecule has 1 amide bonds. The van der Waals surface area contributed by atoms with E-state index in [9.17, 15) is 19.5 Å². The van der Waals surface area contributed by atoms with Crippen molar-refractivity contribution in [1.82, 2.24) is 5.32 Å². The van der Waals surface area contributed by atoms with Crippen LogP contribution in [0.5, 0.6) is 0 Å². The highest BCUT2D eigenvalue weighted by Gasteiger charge is 2.46. The van der Waals surface area contributed by atoms with Crippen molar-refractivity contribution in [3.8, 4) is 0 Å². The first-order valence-electron chi connectivity index (χ1n) is 6.28. The summed E-state index contributed by atoms with van der Waals surface area (Å²) in [7, 11) is 0. The zero-order chi connectivity index (χ0) is 14.6. The molecule has 0 saturated heterocycles. The summed E-state index contributed by atoms with van der Waals surface area (Å²) in [6.45, 7) is 1.61. The van der Waals surface area contributed by atoms with E-state index in [0.29, 0.717) is 12.8 Å². The Kier molecular flexibility index (Phi) is 4.88. The summed E-state index contributed by atoms with van der Waals surface area (Å²) >= 11 is 0. The lowest BCUT2D eigenvalue weighted by atomic mass is 9.84. The number of rotatable bonds is 6. The predicted molar refractivity (Wildman–Crippen MR) is 66.4 cm³/mol. The highest BCUT2D eigenvalue weighted by Crippen LogP contribution is 2.38. The van der Waals surface area contributed by atoms with E-state index in [2.05, 4.69) is 5.32 Å². The van der Waals surface area contributed by atoms with E-state index in [-0.39, 0.29) is 12.8 Å². The van der Waals surface area contributed by atoms with Crippen molar-refractivity contribution in [2.45, 2.75) is 51.1 Å². The van der Waals surface area contributed by atoms with Crippen LogP contribution in [0.15, 0.2) is 0 Å². The third kappa shape index (κ3) is 3.66. The average Bonchev–Trinajstić information content (AvgIpc) is 2.69. The predicted octanol–water partition coefficient (Wildman–Crippen LogP) is -0.0619. The van der Waals surface area contributed by atoms with Crippen LogP contribution in [0.1, 0.15) is 39.0 Å². The van der Waals surface area contributed by atoms with Crippen LogP contribution < -0.4 is 11.1 Å². The van der Waals surface area contributed by atoms with Gasteiger partial charge in [0.05, 0.1) is 11.5 Å². The smallest absolute Gasteiger partial charge is 0.311 e. The van der Waals surface area contributed by atoms with Crippen LogP contribution in [0.2, 0.25) is 0 Å². The van der Waals surface area contributed by atoms with E-state index in [1.165, 1.54) is 0 Å². The van der Waals surface area contributed by atoms with Crippen LogP contribution >= 0.6 is 0 Å². The molecule has 0 radical (unpaired) electrons. The number of carbonyl (C=O) groups excluding carboxylic acids is 1. The molecule has 7 heteroatoms. The third-order valence-electron chi connectivity index (χ3n) is 3.77. The molecule has 0 aromatic carbocycles. The van der Waals surface area contributed by atoms with Gasteiger partial charge in [0.2, 0.25) is 5.91 Å². The second kappa shape index (κ2) is 6.01. The molecule has 1 fully saturated rings. The second-order valence-corrected chi connectivity index (χ2v) is 5.21. The van der Waals surface area contributed by atoms with Gasteiger partial charge in [0.15, 0.2) is 0 Å². The Morgan fingerprint density at radius 2 is 2.05 bits per heavy atom. The zero-order valence-corrected chi connectivity index (χ0v) is 10.9. The third-order valence-corrected chi connectivity index (χ3v) is 3.77. The normalized spacial score (nSPS) is 27.8. The number of nitrogens with one attached hydrogen (secondary N) is 1. The van der Waals surface area contributed by atoms with Gasteiger partial charge in [0, 0.05) is 12.5 Å². The number of carboxylic acid groups (broad SMARTS) is 2. The van der Waals surface area contributed by atoms with Crippen molar-refractivity contribution in [1.29, 1.82) is 0 Å². The van der Waals surface area contributed by atoms with Crippen LogP contribution in [0, 0.1) is 5.41 Å². The number of aliphatic carboxylic acids is 2. The second-order valence-electron chi connectivity index (χ2n) is 5.21. The number of amides is 1. The first-order chi connectivity index (χ1) is 8.77. The Morgan fingerprint density at radius 3 is 2.58 bits per heavy atom. The molecule has 108 valence electrons. The van der Waals surface area contributed by atoms with E-state index in [4.69, 9.17) is 10.8 Å². The van der Waals surface area contributed by atoms with Crippen molar-refractivity contribution >= 4 is 17.8 Å². The molecule has 19 heavy (non-hydrogen) atoms. The molecule has 7 nitrogen and oxygen atoms in total. The Morgan fingerprint density at radius 1 is 1.42 bits per heavy atom. The first-order valence-corrected chi connectivity index (χ1v) is 6.28. The van der Waals surface area contributed by atoms with Gasteiger partial charge in [0.1, 0.15) is 0 Å². The summed E-state index contributed by atoms with van der Waals surface area (Å²) in [6, 6.07) is -1.37. The van der Waals surface area contributed by atoms with Crippen LogP contribution in [0.4, 0.5) is 0 Å². The summed E-state index contributed by atoms with van der Waals surface area (Å²) in [5.74, 6) is -2.44. The van der Waals surface area contributed by atoms with Crippen molar-refractivity contribution < 1.29 is 24.6 Å². The highest BCUT2D eigenvalue weighted by molar-refractivity contribution is 5.84. The Balaban J connectivity index is 2.56. The van der Waals surface area contributed by atoms with Crippen molar-refractivity contribution in [2.75, 3.05) is 0 Å². The van der Waals surface area contributed by atoms with E-state index in [1.807, 2.05) is 0 Å². The van der Waals surface area contributed by atoms with Gasteiger partial charge in [-0.1, -0.05) is 6.42 Å². The van der Waals surface area contributed by atoms with Gasteiger partial charge in [-0.25, -0.2) is 0 Å². The highest BCUT2D eigenvalue weighted by atomic mass is 16.4. The van der Waals surface area contributed by atoms with Gasteiger partial charge < -0.3 is 21.3 Å². The molecule has 5 N–H and O–H groups in total. The lowest BCUT2D eigenvalue weighted by molar-refractivity contribution is -0.149. The lowest BCUT2D eigenvalue weighted by Gasteiger charge is -2.28. The number of nitrogens with two attached hydrogens (primary N) is 1. The molecule has 1 aliphatic carbocycles. The number of carboxylic acids is 2. The molecular weight excluding hydrogens is 252 g/mol. The first kappa shape index (κ1) is 15.4. The van der Waals surface area contributed by atoms with E-state index >= 15 is 0 Å². The monoisotopic (exact) mass is 272 g/mol. The maximum absolute atomic E-state index is 11.8. The van der Waals surface area contributed by atoms with Gasteiger partial charge in [-0.2, -0.15) is 0 Å². The molecule has 3 unspecified atom stereocenters. The molecule has 0 bridgehead atoms. The van der Waals surface area contributed by atoms with Crippen LogP contribution in [0.25, 0.3) is 0 Å². The van der Waals surface area contributed by atoms with Gasteiger partial charge in [-0.05, 0) is 26.2 Å². The van der Waals surface area contributed by atoms with E-state index in [0.717, 1.165) is 6.42 Å².